The Kier molecular flexibility index (Phi) is 13.7. The smallest absolute Gasteiger partial charge is 0.744 e. The van der Waals surface area contributed by atoms with E-state index in [2.05, 4.69) is 0 Å². The molecule has 0 bridgehead atoms. The first kappa shape index (κ1) is 38.2. The van der Waals surface area contributed by atoms with Gasteiger partial charge in [0.2, 0.25) is 0 Å². The number of hydrogen-bond acceptors (Lipinski definition) is 12. The summed E-state index contributed by atoms with van der Waals surface area (Å²) in [6.07, 6.45) is 0. The van der Waals surface area contributed by atoms with E-state index in [0.717, 1.165) is 18.2 Å². The molecule has 0 aromatic heterocycles. The number of rotatable bonds is 3. The number of halogens is 3. The topological polar surface area (TPSA) is 250 Å². The SMILES string of the molecule is Cc1c(N)ccc(S(=O)(=O)[O-])c1Cl.Cc1c(N)ccc(S(=O)(=O)[O-])c1Cl.Cc1c(N)ccc(S(=O)(=O)[O-])c1Cl.[Ni+3]. The van der Waals surface area contributed by atoms with Crippen LogP contribution in [0.2, 0.25) is 15.1 Å². The summed E-state index contributed by atoms with van der Waals surface area (Å²) in [6.45, 7) is 4.64. The zero-order chi connectivity index (χ0) is 30.7. The Morgan fingerprint density at radius 3 is 0.825 bits per heavy atom. The molecule has 0 saturated carbocycles. The number of nitrogen functional groups attached to an aromatic ring is 3. The van der Waals surface area contributed by atoms with E-state index in [1.165, 1.54) is 18.2 Å². The van der Waals surface area contributed by atoms with Crippen LogP contribution in [-0.2, 0) is 46.8 Å². The predicted molar refractivity (Wildman–Crippen MR) is 146 cm³/mol. The molecule has 1 radical (unpaired) electrons. The van der Waals surface area contributed by atoms with Gasteiger partial charge in [-0.15, -0.1) is 0 Å². The van der Waals surface area contributed by atoms with Crippen LogP contribution < -0.4 is 17.2 Å². The minimum Gasteiger partial charge on any atom is -0.744 e. The van der Waals surface area contributed by atoms with Crippen molar-refractivity contribution in [3.05, 3.63) is 68.2 Å². The third-order valence-electron chi connectivity index (χ3n) is 4.99. The molecule has 0 amide bonds. The van der Waals surface area contributed by atoms with E-state index < -0.39 is 45.0 Å². The van der Waals surface area contributed by atoms with Crippen molar-refractivity contribution >= 4 is 82.2 Å². The Morgan fingerprint density at radius 2 is 0.675 bits per heavy atom. The van der Waals surface area contributed by atoms with Gasteiger partial charge in [-0.05, 0) is 73.9 Å². The van der Waals surface area contributed by atoms with E-state index >= 15 is 0 Å². The van der Waals surface area contributed by atoms with Gasteiger partial charge in [-0.1, -0.05) is 34.8 Å². The fraction of sp³-hybridized carbons (Fsp3) is 0.143. The summed E-state index contributed by atoms with van der Waals surface area (Å²) in [5, 5.41) is -0.306. The second kappa shape index (κ2) is 14.4. The molecule has 0 heterocycles. The van der Waals surface area contributed by atoms with Crippen LogP contribution in [0.1, 0.15) is 16.7 Å². The first-order valence-corrected chi connectivity index (χ1v) is 15.4. The predicted octanol–water partition coefficient (Wildman–Crippen LogP) is 3.40. The molecule has 3 aromatic carbocycles. The molecule has 19 heteroatoms. The average molecular weight is 721 g/mol. The van der Waals surface area contributed by atoms with Gasteiger partial charge in [-0.3, -0.25) is 0 Å². The average Bonchev–Trinajstić information content (AvgIpc) is 2.78. The minimum absolute atomic E-state index is 0. The molecule has 0 spiro atoms. The maximum absolute atomic E-state index is 10.6. The molecule has 0 aliphatic carbocycles. The molecule has 0 atom stereocenters. The van der Waals surface area contributed by atoms with Crippen LogP contribution >= 0.6 is 34.8 Å². The van der Waals surface area contributed by atoms with E-state index in [4.69, 9.17) is 52.0 Å². The zero-order valence-electron chi connectivity index (χ0n) is 20.5. The zero-order valence-corrected chi connectivity index (χ0v) is 26.3. The van der Waals surface area contributed by atoms with Crippen molar-refractivity contribution in [3.8, 4) is 0 Å². The molecule has 0 aliphatic heterocycles. The fourth-order valence-electron chi connectivity index (χ4n) is 2.60. The molecular formula is C21H21Cl3N3NiO9S3. The van der Waals surface area contributed by atoms with Crippen molar-refractivity contribution in [2.75, 3.05) is 17.2 Å². The van der Waals surface area contributed by atoms with Crippen molar-refractivity contribution in [2.24, 2.45) is 0 Å². The Bertz CT molecular complexity index is 1530. The Balaban J connectivity index is 0.000000563. The first-order chi connectivity index (χ1) is 17.5. The van der Waals surface area contributed by atoms with Gasteiger partial charge in [0.15, 0.2) is 0 Å². The molecule has 3 aromatic rings. The standard InChI is InChI=1S/3C7H8ClNO3S.Ni/c3*1-4-5(9)2-3-6(7(4)8)13(10,11)12;/h3*2-3H,9H2,1H3,(H,10,11,12);/q;;;+3/p-3. The van der Waals surface area contributed by atoms with Gasteiger partial charge >= 0.3 is 16.5 Å². The monoisotopic (exact) mass is 718 g/mol. The Labute approximate surface area is 257 Å². The van der Waals surface area contributed by atoms with Crippen molar-refractivity contribution in [2.45, 2.75) is 35.5 Å². The maximum atomic E-state index is 10.6. The molecule has 12 nitrogen and oxygen atoms in total. The molecule has 0 unspecified atom stereocenters. The number of anilines is 3. The maximum Gasteiger partial charge on any atom is 3.00 e. The third kappa shape index (κ3) is 9.91. The molecule has 0 fully saturated rings. The molecule has 6 N–H and O–H groups in total. The normalized spacial score (nSPS) is 11.3. The van der Waals surface area contributed by atoms with Crippen molar-refractivity contribution < 1.29 is 55.4 Å². The summed E-state index contributed by atoms with van der Waals surface area (Å²) < 4.78 is 95.7. The summed E-state index contributed by atoms with van der Waals surface area (Å²) in [4.78, 5) is -1.29. The summed E-state index contributed by atoms with van der Waals surface area (Å²) in [5.74, 6) is 0. The number of hydrogen-bond donors (Lipinski definition) is 3. The van der Waals surface area contributed by atoms with Gasteiger partial charge in [0, 0.05) is 17.1 Å². The second-order valence-electron chi connectivity index (χ2n) is 7.64. The summed E-state index contributed by atoms with van der Waals surface area (Å²) in [5.41, 5.74) is 18.6. The van der Waals surface area contributed by atoms with Crippen LogP contribution in [0.5, 0.6) is 0 Å². The molecule has 0 aliphatic rings. The molecular weight excluding hydrogens is 699 g/mol. The van der Waals surface area contributed by atoms with Crippen molar-refractivity contribution in [1.82, 2.24) is 0 Å². The van der Waals surface area contributed by atoms with Crippen molar-refractivity contribution in [3.63, 3.8) is 0 Å². The van der Waals surface area contributed by atoms with Crippen LogP contribution in [0, 0.1) is 20.8 Å². The van der Waals surface area contributed by atoms with Crippen LogP contribution in [0.3, 0.4) is 0 Å². The molecule has 3 rings (SSSR count). The van der Waals surface area contributed by atoms with E-state index in [0.29, 0.717) is 33.8 Å². The van der Waals surface area contributed by atoms with E-state index in [1.54, 1.807) is 20.8 Å². The molecule has 40 heavy (non-hydrogen) atoms. The van der Waals surface area contributed by atoms with Crippen LogP contribution in [0.25, 0.3) is 0 Å². The molecule has 0 saturated heterocycles. The summed E-state index contributed by atoms with van der Waals surface area (Å²) in [7, 11) is -13.5. The van der Waals surface area contributed by atoms with Gasteiger partial charge in [0.1, 0.15) is 30.4 Å². The van der Waals surface area contributed by atoms with Crippen LogP contribution in [-0.4, -0.2) is 38.9 Å². The summed E-state index contributed by atoms with van der Waals surface area (Å²) >= 11 is 16.9. The Hall–Kier alpha value is -1.85. The van der Waals surface area contributed by atoms with Gasteiger partial charge in [0.25, 0.3) is 0 Å². The number of benzene rings is 3. The van der Waals surface area contributed by atoms with Gasteiger partial charge < -0.3 is 30.9 Å². The number of nitrogens with two attached hydrogens (primary N) is 3. The van der Waals surface area contributed by atoms with E-state index in [-0.39, 0.29) is 31.6 Å². The van der Waals surface area contributed by atoms with Gasteiger partial charge in [-0.25, -0.2) is 25.3 Å². The summed E-state index contributed by atoms with van der Waals surface area (Å²) in [6, 6.07) is 7.33. The van der Waals surface area contributed by atoms with Crippen LogP contribution in [0.4, 0.5) is 17.1 Å². The fourth-order valence-corrected chi connectivity index (χ4v) is 5.79. The minimum atomic E-state index is -4.51. The quantitative estimate of drug-likeness (QED) is 0.200. The van der Waals surface area contributed by atoms with E-state index in [9.17, 15) is 38.9 Å². The second-order valence-corrected chi connectivity index (χ2v) is 12.8. The third-order valence-corrected chi connectivity index (χ3v) is 9.42. The van der Waals surface area contributed by atoms with E-state index in [1.807, 2.05) is 0 Å². The molecule has 223 valence electrons. The Morgan fingerprint density at radius 1 is 0.500 bits per heavy atom. The van der Waals surface area contributed by atoms with Gasteiger partial charge in [0.05, 0.1) is 29.8 Å². The van der Waals surface area contributed by atoms with Crippen molar-refractivity contribution in [1.29, 1.82) is 0 Å². The largest absolute Gasteiger partial charge is 3.00 e. The van der Waals surface area contributed by atoms with Crippen LogP contribution in [0.15, 0.2) is 51.1 Å². The first-order valence-electron chi connectivity index (χ1n) is 10.0. The van der Waals surface area contributed by atoms with Gasteiger partial charge in [-0.2, -0.15) is 0 Å².